The molecule has 6 heteroatoms. The predicted molar refractivity (Wildman–Crippen MR) is 109 cm³/mol. The van der Waals surface area contributed by atoms with E-state index < -0.39 is 11.6 Å². The Labute approximate surface area is 170 Å². The van der Waals surface area contributed by atoms with Gasteiger partial charge in [-0.1, -0.05) is 54.6 Å². The summed E-state index contributed by atoms with van der Waals surface area (Å²) < 4.78 is 0. The highest BCUT2D eigenvalue weighted by Crippen LogP contribution is 2.41. The molecule has 1 aliphatic carbocycles. The van der Waals surface area contributed by atoms with Gasteiger partial charge in [0.2, 0.25) is 5.91 Å². The molecule has 1 fully saturated rings. The minimum absolute atomic E-state index is 0.0513. The van der Waals surface area contributed by atoms with E-state index in [-0.39, 0.29) is 24.4 Å². The summed E-state index contributed by atoms with van der Waals surface area (Å²) in [6.45, 7) is 4.05. The van der Waals surface area contributed by atoms with E-state index in [9.17, 15) is 14.4 Å². The lowest BCUT2D eigenvalue weighted by molar-refractivity contribution is -0.140. The molecule has 150 valence electrons. The van der Waals surface area contributed by atoms with Crippen LogP contribution in [0.4, 0.5) is 4.79 Å². The maximum absolute atomic E-state index is 13.3. The number of carbonyl (C=O) groups is 3. The second kappa shape index (κ2) is 7.35. The zero-order chi connectivity index (χ0) is 20.6. The number of amides is 4. The van der Waals surface area contributed by atoms with E-state index in [2.05, 4.69) is 5.32 Å². The van der Waals surface area contributed by atoms with Gasteiger partial charge in [-0.15, -0.1) is 0 Å². The molecule has 2 aromatic carbocycles. The molecule has 2 aromatic rings. The first kappa shape index (κ1) is 19.2. The number of fused-ring (bicyclic) bond motifs is 2. The molecule has 2 aliphatic rings. The van der Waals surface area contributed by atoms with Gasteiger partial charge in [0.05, 0.1) is 0 Å². The van der Waals surface area contributed by atoms with Crippen LogP contribution in [0.15, 0.2) is 54.6 Å². The van der Waals surface area contributed by atoms with E-state index in [4.69, 9.17) is 0 Å². The number of nitrogens with one attached hydrogen (secondary N) is 1. The Balaban J connectivity index is 1.54. The van der Waals surface area contributed by atoms with Crippen molar-refractivity contribution in [3.8, 4) is 0 Å². The van der Waals surface area contributed by atoms with Crippen LogP contribution in [-0.2, 0) is 28.1 Å². The molecule has 0 saturated carbocycles. The number of hydrogen-bond donors (Lipinski definition) is 1. The molecule has 1 saturated heterocycles. The van der Waals surface area contributed by atoms with Crippen LogP contribution in [0.5, 0.6) is 0 Å². The zero-order valence-electron chi connectivity index (χ0n) is 16.7. The molecule has 1 atom stereocenters. The third-order valence-electron chi connectivity index (χ3n) is 5.86. The molecule has 4 amide bonds. The Bertz CT molecular complexity index is 957. The summed E-state index contributed by atoms with van der Waals surface area (Å²) in [7, 11) is 0. The first-order chi connectivity index (χ1) is 13.9. The molecule has 0 aromatic heterocycles. The van der Waals surface area contributed by atoms with Gasteiger partial charge < -0.3 is 10.2 Å². The van der Waals surface area contributed by atoms with Gasteiger partial charge in [-0.25, -0.2) is 4.79 Å². The summed E-state index contributed by atoms with van der Waals surface area (Å²) >= 11 is 0. The second-order valence-corrected chi connectivity index (χ2v) is 7.98. The average Bonchev–Trinajstić information content (AvgIpc) is 3.20. The van der Waals surface area contributed by atoms with Gasteiger partial charge >= 0.3 is 6.03 Å². The van der Waals surface area contributed by atoms with Gasteiger partial charge in [-0.2, -0.15) is 0 Å². The smallest absolute Gasteiger partial charge is 0.325 e. The van der Waals surface area contributed by atoms with E-state index >= 15 is 0 Å². The summed E-state index contributed by atoms with van der Waals surface area (Å²) in [6, 6.07) is 16.8. The van der Waals surface area contributed by atoms with Crippen molar-refractivity contribution in [3.05, 3.63) is 71.3 Å². The van der Waals surface area contributed by atoms with E-state index in [0.717, 1.165) is 28.0 Å². The first-order valence-electron chi connectivity index (χ1n) is 9.98. The summed E-state index contributed by atoms with van der Waals surface area (Å²) in [6.07, 6.45) is 1.26. The molecule has 1 unspecified atom stereocenters. The molecule has 6 nitrogen and oxygen atoms in total. The van der Waals surface area contributed by atoms with Crippen LogP contribution < -0.4 is 5.32 Å². The van der Waals surface area contributed by atoms with Crippen molar-refractivity contribution in [2.75, 3.05) is 6.54 Å². The van der Waals surface area contributed by atoms with Gasteiger partial charge in [-0.3, -0.25) is 14.5 Å². The van der Waals surface area contributed by atoms with Crippen molar-refractivity contribution in [2.24, 2.45) is 0 Å². The SMILES string of the molecule is CC(C)N(Cc1ccccc1)C(=O)CN1C(=O)NC2(CCc3ccccc32)C1=O. The number of carbonyl (C=O) groups excluding carboxylic acids is 3. The number of benzene rings is 2. The quantitative estimate of drug-likeness (QED) is 0.797. The number of urea groups is 1. The maximum atomic E-state index is 13.3. The largest absolute Gasteiger partial charge is 0.334 e. The highest BCUT2D eigenvalue weighted by atomic mass is 16.2. The molecule has 4 rings (SSSR count). The van der Waals surface area contributed by atoms with Crippen LogP contribution in [0.25, 0.3) is 0 Å². The van der Waals surface area contributed by atoms with Gasteiger partial charge in [0, 0.05) is 12.6 Å². The van der Waals surface area contributed by atoms with Gasteiger partial charge in [0.1, 0.15) is 12.1 Å². The lowest BCUT2D eigenvalue weighted by Gasteiger charge is -2.28. The summed E-state index contributed by atoms with van der Waals surface area (Å²) in [5.74, 6) is -0.570. The Morgan fingerprint density at radius 3 is 2.52 bits per heavy atom. The van der Waals surface area contributed by atoms with E-state index in [1.165, 1.54) is 0 Å². The van der Waals surface area contributed by atoms with Crippen LogP contribution in [0, 0.1) is 0 Å². The van der Waals surface area contributed by atoms with Crippen molar-refractivity contribution < 1.29 is 14.4 Å². The molecule has 1 aliphatic heterocycles. The molecular formula is C23H25N3O3. The van der Waals surface area contributed by atoms with Crippen LogP contribution in [0.3, 0.4) is 0 Å². The highest BCUT2D eigenvalue weighted by molar-refractivity contribution is 6.09. The number of nitrogens with zero attached hydrogens (tertiary/aromatic N) is 2. The highest BCUT2D eigenvalue weighted by Gasteiger charge is 2.55. The van der Waals surface area contributed by atoms with Crippen LogP contribution in [0.1, 0.15) is 37.0 Å². The number of aryl methyl sites for hydroxylation is 1. The molecule has 1 N–H and O–H groups in total. The topological polar surface area (TPSA) is 69.7 Å². The van der Waals surface area contributed by atoms with E-state index in [1.54, 1.807) is 4.90 Å². The molecule has 1 heterocycles. The van der Waals surface area contributed by atoms with Crippen molar-refractivity contribution in [1.29, 1.82) is 0 Å². The lowest BCUT2D eigenvalue weighted by Crippen LogP contribution is -2.46. The van der Waals surface area contributed by atoms with Gasteiger partial charge in [0.25, 0.3) is 5.91 Å². The monoisotopic (exact) mass is 391 g/mol. The molecule has 29 heavy (non-hydrogen) atoms. The van der Waals surface area contributed by atoms with Crippen molar-refractivity contribution >= 4 is 17.8 Å². The Morgan fingerprint density at radius 2 is 1.79 bits per heavy atom. The number of hydrogen-bond acceptors (Lipinski definition) is 3. The maximum Gasteiger partial charge on any atom is 0.325 e. The minimum atomic E-state index is -1.03. The molecule has 1 spiro atoms. The molecular weight excluding hydrogens is 366 g/mol. The summed E-state index contributed by atoms with van der Waals surface area (Å²) in [4.78, 5) is 41.7. The number of rotatable bonds is 5. The van der Waals surface area contributed by atoms with E-state index in [1.807, 2.05) is 68.4 Å². The van der Waals surface area contributed by atoms with Crippen LogP contribution >= 0.6 is 0 Å². The van der Waals surface area contributed by atoms with Gasteiger partial charge in [-0.05, 0) is 43.4 Å². The fraction of sp³-hybridized carbons (Fsp3) is 0.348. The Kier molecular flexibility index (Phi) is 4.86. The van der Waals surface area contributed by atoms with Crippen LogP contribution in [-0.4, -0.2) is 40.2 Å². The average molecular weight is 391 g/mol. The normalized spacial score (nSPS) is 20.3. The standard InChI is InChI=1S/C23H25N3O3/c1-16(2)25(14-17-8-4-3-5-9-17)20(27)15-26-21(28)23(24-22(26)29)13-12-18-10-6-7-11-19(18)23/h3-11,16H,12-15H2,1-2H3,(H,24,29). The third kappa shape index (κ3) is 3.28. The Morgan fingerprint density at radius 1 is 1.10 bits per heavy atom. The zero-order valence-corrected chi connectivity index (χ0v) is 16.7. The van der Waals surface area contributed by atoms with Gasteiger partial charge in [0.15, 0.2) is 0 Å². The summed E-state index contributed by atoms with van der Waals surface area (Å²) in [5.41, 5.74) is 1.89. The predicted octanol–water partition coefficient (Wildman–Crippen LogP) is 2.82. The van der Waals surface area contributed by atoms with Crippen molar-refractivity contribution in [1.82, 2.24) is 15.1 Å². The molecule has 0 bridgehead atoms. The van der Waals surface area contributed by atoms with Crippen LogP contribution in [0.2, 0.25) is 0 Å². The fourth-order valence-corrected chi connectivity index (χ4v) is 4.30. The third-order valence-corrected chi connectivity index (χ3v) is 5.86. The lowest BCUT2D eigenvalue weighted by atomic mass is 9.92. The molecule has 0 radical (unpaired) electrons. The fourth-order valence-electron chi connectivity index (χ4n) is 4.30. The minimum Gasteiger partial charge on any atom is -0.334 e. The number of imide groups is 1. The summed E-state index contributed by atoms with van der Waals surface area (Å²) in [5, 5.41) is 2.88. The second-order valence-electron chi connectivity index (χ2n) is 7.98. The van der Waals surface area contributed by atoms with Crippen molar-refractivity contribution in [3.63, 3.8) is 0 Å². The van der Waals surface area contributed by atoms with E-state index in [0.29, 0.717) is 13.0 Å². The first-order valence-corrected chi connectivity index (χ1v) is 9.98. The Hall–Kier alpha value is -3.15. The van der Waals surface area contributed by atoms with Crippen molar-refractivity contribution in [2.45, 2.75) is 44.8 Å².